The van der Waals surface area contributed by atoms with E-state index in [9.17, 15) is 0 Å². The summed E-state index contributed by atoms with van der Waals surface area (Å²) in [5.74, 6) is 0. The lowest BCUT2D eigenvalue weighted by atomic mass is 10.1. The van der Waals surface area contributed by atoms with Gasteiger partial charge in [-0.15, -0.1) is 23.4 Å². The molecule has 1 aliphatic carbocycles. The quantitative estimate of drug-likeness (QED) is 0.518. The second-order valence-corrected chi connectivity index (χ2v) is 4.67. The maximum absolute atomic E-state index is 5.65. The molecule has 0 amide bonds. The third kappa shape index (κ3) is 1.62. The Morgan fingerprint density at radius 3 is 2.92 bits per heavy atom. The molecule has 0 atom stereocenters. The van der Waals surface area contributed by atoms with Crippen LogP contribution in [0.3, 0.4) is 0 Å². The Labute approximate surface area is 82.3 Å². The van der Waals surface area contributed by atoms with E-state index in [4.69, 9.17) is 11.6 Å². The molecule has 0 aromatic heterocycles. The van der Waals surface area contributed by atoms with Crippen molar-refractivity contribution in [2.24, 2.45) is 0 Å². The van der Waals surface area contributed by atoms with E-state index in [1.54, 1.807) is 11.8 Å². The van der Waals surface area contributed by atoms with Crippen LogP contribution in [0.2, 0.25) is 0 Å². The van der Waals surface area contributed by atoms with Gasteiger partial charge in [0.1, 0.15) is 0 Å². The van der Waals surface area contributed by atoms with Crippen LogP contribution < -0.4 is 0 Å². The number of rotatable bonds is 2. The van der Waals surface area contributed by atoms with Gasteiger partial charge in [-0.2, -0.15) is 0 Å². The van der Waals surface area contributed by atoms with E-state index in [0.717, 1.165) is 0 Å². The molecule has 1 aromatic carbocycles. The maximum atomic E-state index is 5.65. The van der Waals surface area contributed by atoms with E-state index < -0.39 is 0 Å². The first-order valence-electron chi connectivity index (χ1n) is 4.21. The highest BCUT2D eigenvalue weighted by atomic mass is 35.5. The minimum Gasteiger partial charge on any atom is -0.114 e. The van der Waals surface area contributed by atoms with Gasteiger partial charge in [0.15, 0.2) is 0 Å². The highest BCUT2D eigenvalue weighted by molar-refractivity contribution is 8.00. The highest BCUT2D eigenvalue weighted by Crippen LogP contribution is 2.27. The van der Waals surface area contributed by atoms with Crippen molar-refractivity contribution in [3.63, 3.8) is 0 Å². The number of fused-ring (bicyclic) bond motifs is 1. The zero-order valence-electron chi connectivity index (χ0n) is 6.85. The lowest BCUT2D eigenvalue weighted by Gasteiger charge is -2.01. The Hall–Kier alpha value is -0.140. The van der Waals surface area contributed by atoms with Crippen molar-refractivity contribution in [2.75, 3.05) is 5.21 Å². The summed E-state index contributed by atoms with van der Waals surface area (Å²) in [6.07, 6.45) is 3.84. The lowest BCUT2D eigenvalue weighted by Crippen LogP contribution is -1.82. The van der Waals surface area contributed by atoms with Gasteiger partial charge in [0.05, 0.1) is 5.21 Å². The SMILES string of the molecule is ClCSc1ccc2c(c1)CCC2. The summed E-state index contributed by atoms with van der Waals surface area (Å²) in [5.41, 5.74) is 3.07. The Balaban J connectivity index is 2.26. The zero-order valence-corrected chi connectivity index (χ0v) is 8.42. The van der Waals surface area contributed by atoms with Gasteiger partial charge in [-0.3, -0.25) is 0 Å². The molecule has 0 aliphatic heterocycles. The van der Waals surface area contributed by atoms with Gasteiger partial charge >= 0.3 is 0 Å². The van der Waals surface area contributed by atoms with Crippen LogP contribution >= 0.6 is 23.4 Å². The van der Waals surface area contributed by atoms with Crippen molar-refractivity contribution in [1.29, 1.82) is 0 Å². The van der Waals surface area contributed by atoms with Crippen molar-refractivity contribution in [3.05, 3.63) is 29.3 Å². The fraction of sp³-hybridized carbons (Fsp3) is 0.400. The van der Waals surface area contributed by atoms with Crippen molar-refractivity contribution in [1.82, 2.24) is 0 Å². The third-order valence-corrected chi connectivity index (χ3v) is 3.31. The molecule has 0 nitrogen and oxygen atoms in total. The molecule has 2 rings (SSSR count). The lowest BCUT2D eigenvalue weighted by molar-refractivity contribution is 0.911. The highest BCUT2D eigenvalue weighted by Gasteiger charge is 2.10. The molecule has 64 valence electrons. The van der Waals surface area contributed by atoms with Gasteiger partial charge in [0, 0.05) is 4.90 Å². The summed E-state index contributed by atoms with van der Waals surface area (Å²) >= 11 is 7.36. The summed E-state index contributed by atoms with van der Waals surface area (Å²) < 4.78 is 0. The molecule has 1 aliphatic rings. The van der Waals surface area contributed by atoms with Crippen LogP contribution in [0.4, 0.5) is 0 Å². The second kappa shape index (κ2) is 3.71. The smallest absolute Gasteiger partial charge is 0.0727 e. The van der Waals surface area contributed by atoms with Gasteiger partial charge in [-0.25, -0.2) is 0 Å². The summed E-state index contributed by atoms with van der Waals surface area (Å²) in [5, 5.41) is 0.652. The van der Waals surface area contributed by atoms with Crippen LogP contribution in [-0.2, 0) is 12.8 Å². The first-order valence-corrected chi connectivity index (χ1v) is 5.73. The van der Waals surface area contributed by atoms with Crippen molar-refractivity contribution < 1.29 is 0 Å². The van der Waals surface area contributed by atoms with E-state index in [1.165, 1.54) is 35.3 Å². The Bertz CT molecular complexity index is 283. The fourth-order valence-corrected chi connectivity index (χ4v) is 2.59. The zero-order chi connectivity index (χ0) is 8.39. The minimum absolute atomic E-state index is 0.652. The fourth-order valence-electron chi connectivity index (χ4n) is 1.70. The summed E-state index contributed by atoms with van der Waals surface area (Å²) in [7, 11) is 0. The van der Waals surface area contributed by atoms with Crippen molar-refractivity contribution in [2.45, 2.75) is 24.2 Å². The van der Waals surface area contributed by atoms with E-state index in [1.807, 2.05) is 0 Å². The molecular formula is C10H11ClS. The number of aryl methyl sites for hydroxylation is 2. The molecule has 12 heavy (non-hydrogen) atoms. The first-order chi connectivity index (χ1) is 5.90. The predicted molar refractivity (Wildman–Crippen MR) is 55.0 cm³/mol. The molecule has 0 N–H and O–H groups in total. The van der Waals surface area contributed by atoms with Gasteiger partial charge < -0.3 is 0 Å². The van der Waals surface area contributed by atoms with Crippen LogP contribution in [0.15, 0.2) is 23.1 Å². The molecule has 0 radical (unpaired) electrons. The third-order valence-electron chi connectivity index (χ3n) is 2.29. The average Bonchev–Trinajstić information content (AvgIpc) is 2.51. The predicted octanol–water partition coefficient (Wildman–Crippen LogP) is 3.46. The molecule has 1 aromatic rings. The monoisotopic (exact) mass is 198 g/mol. The second-order valence-electron chi connectivity index (χ2n) is 3.04. The largest absolute Gasteiger partial charge is 0.114 e. The van der Waals surface area contributed by atoms with E-state index in [0.29, 0.717) is 5.21 Å². The molecule has 0 heterocycles. The topological polar surface area (TPSA) is 0 Å². The van der Waals surface area contributed by atoms with Gasteiger partial charge in [-0.05, 0) is 42.5 Å². The van der Waals surface area contributed by atoms with E-state index in [-0.39, 0.29) is 0 Å². The molecule has 0 saturated heterocycles. The summed E-state index contributed by atoms with van der Waals surface area (Å²) in [4.78, 5) is 1.31. The Kier molecular flexibility index (Phi) is 2.62. The maximum Gasteiger partial charge on any atom is 0.0727 e. The number of hydrogen-bond donors (Lipinski definition) is 0. The van der Waals surface area contributed by atoms with Crippen LogP contribution in [0.1, 0.15) is 17.5 Å². The van der Waals surface area contributed by atoms with Crippen LogP contribution in [0, 0.1) is 0 Å². The Morgan fingerprint density at radius 2 is 2.08 bits per heavy atom. The molecule has 0 saturated carbocycles. The van der Waals surface area contributed by atoms with E-state index >= 15 is 0 Å². The number of hydrogen-bond acceptors (Lipinski definition) is 1. The number of thioether (sulfide) groups is 1. The molecule has 0 spiro atoms. The van der Waals surface area contributed by atoms with Gasteiger partial charge in [0.25, 0.3) is 0 Å². The summed E-state index contributed by atoms with van der Waals surface area (Å²) in [6, 6.07) is 6.71. The normalized spacial score (nSPS) is 14.8. The molecule has 2 heteroatoms. The van der Waals surface area contributed by atoms with Crippen LogP contribution in [0.25, 0.3) is 0 Å². The first kappa shape index (κ1) is 8.46. The van der Waals surface area contributed by atoms with Gasteiger partial charge in [-0.1, -0.05) is 6.07 Å². The molecule has 0 bridgehead atoms. The molecule has 0 fully saturated rings. The molecular weight excluding hydrogens is 188 g/mol. The van der Waals surface area contributed by atoms with Crippen molar-refractivity contribution in [3.8, 4) is 0 Å². The average molecular weight is 199 g/mol. The van der Waals surface area contributed by atoms with Crippen molar-refractivity contribution >= 4 is 23.4 Å². The number of benzene rings is 1. The Morgan fingerprint density at radius 1 is 1.25 bits per heavy atom. The number of halogens is 1. The molecule has 0 unspecified atom stereocenters. The van der Waals surface area contributed by atoms with Gasteiger partial charge in [0.2, 0.25) is 0 Å². The minimum atomic E-state index is 0.652. The summed E-state index contributed by atoms with van der Waals surface area (Å²) in [6.45, 7) is 0. The standard InChI is InChI=1S/C10H11ClS/c11-7-12-10-5-4-8-2-1-3-9(8)6-10/h4-6H,1-3,7H2. The van der Waals surface area contributed by atoms with E-state index in [2.05, 4.69) is 18.2 Å². The van der Waals surface area contributed by atoms with Crippen LogP contribution in [-0.4, -0.2) is 5.21 Å². The number of alkyl halides is 1. The van der Waals surface area contributed by atoms with Crippen LogP contribution in [0.5, 0.6) is 0 Å².